The summed E-state index contributed by atoms with van der Waals surface area (Å²) in [6.45, 7) is 4.71. The maximum absolute atomic E-state index is 4.58. The molecule has 19 heavy (non-hydrogen) atoms. The largest absolute Gasteiger partial charge is 0.345 e. The molecule has 5 heteroatoms. The Hall–Kier alpha value is -2.14. The maximum Gasteiger partial charge on any atom is 0.104 e. The molecular weight excluding hydrogens is 238 g/mol. The zero-order valence-electron chi connectivity index (χ0n) is 11.3. The zero-order chi connectivity index (χ0) is 13.4. The van der Waals surface area contributed by atoms with E-state index < -0.39 is 0 Å². The van der Waals surface area contributed by atoms with Gasteiger partial charge >= 0.3 is 0 Å². The SMILES string of the molecule is CNCc1[nH]c(C)nc1-c1ccc2nc(C)[nH]c2c1. The van der Waals surface area contributed by atoms with Crippen molar-refractivity contribution in [3.63, 3.8) is 0 Å². The molecule has 2 heterocycles. The molecule has 3 aromatic rings. The highest BCUT2D eigenvalue weighted by atomic mass is 15.0. The number of aromatic nitrogens is 4. The third kappa shape index (κ3) is 2.13. The Morgan fingerprint density at radius 2 is 1.89 bits per heavy atom. The van der Waals surface area contributed by atoms with Crippen LogP contribution in [0.2, 0.25) is 0 Å². The zero-order valence-corrected chi connectivity index (χ0v) is 11.3. The lowest BCUT2D eigenvalue weighted by Crippen LogP contribution is -2.06. The Kier molecular flexibility index (Phi) is 2.83. The molecule has 0 aliphatic heterocycles. The summed E-state index contributed by atoms with van der Waals surface area (Å²) >= 11 is 0. The van der Waals surface area contributed by atoms with Gasteiger partial charge in [0.1, 0.15) is 11.6 Å². The van der Waals surface area contributed by atoms with Gasteiger partial charge in [0.05, 0.1) is 22.4 Å². The van der Waals surface area contributed by atoms with Crippen LogP contribution < -0.4 is 5.32 Å². The summed E-state index contributed by atoms with van der Waals surface area (Å²) in [6, 6.07) is 6.20. The molecule has 0 amide bonds. The van der Waals surface area contributed by atoms with E-state index in [9.17, 15) is 0 Å². The molecule has 0 aliphatic carbocycles. The Morgan fingerprint density at radius 1 is 1.11 bits per heavy atom. The molecule has 5 nitrogen and oxygen atoms in total. The van der Waals surface area contributed by atoms with Crippen molar-refractivity contribution in [3.8, 4) is 11.3 Å². The van der Waals surface area contributed by atoms with Crippen LogP contribution in [0.25, 0.3) is 22.3 Å². The van der Waals surface area contributed by atoms with Crippen LogP contribution in [-0.4, -0.2) is 27.0 Å². The molecule has 98 valence electrons. The lowest BCUT2D eigenvalue weighted by atomic mass is 10.1. The molecule has 3 N–H and O–H groups in total. The van der Waals surface area contributed by atoms with Crippen LogP contribution in [0.15, 0.2) is 18.2 Å². The number of hydrogen-bond acceptors (Lipinski definition) is 3. The predicted octanol–water partition coefficient (Wildman–Crippen LogP) is 2.29. The third-order valence-electron chi connectivity index (χ3n) is 3.12. The van der Waals surface area contributed by atoms with E-state index >= 15 is 0 Å². The van der Waals surface area contributed by atoms with Crippen LogP contribution in [-0.2, 0) is 6.54 Å². The lowest BCUT2D eigenvalue weighted by Gasteiger charge is -2.02. The summed E-state index contributed by atoms with van der Waals surface area (Å²) in [7, 11) is 1.93. The molecule has 0 radical (unpaired) electrons. The first-order valence-electron chi connectivity index (χ1n) is 6.34. The normalized spacial score (nSPS) is 11.3. The number of fused-ring (bicyclic) bond motifs is 1. The number of imidazole rings is 2. The molecule has 0 fully saturated rings. The van der Waals surface area contributed by atoms with E-state index in [1.165, 1.54) is 0 Å². The van der Waals surface area contributed by atoms with Gasteiger partial charge < -0.3 is 15.3 Å². The van der Waals surface area contributed by atoms with E-state index in [2.05, 4.69) is 37.4 Å². The van der Waals surface area contributed by atoms with E-state index in [1.54, 1.807) is 0 Å². The average molecular weight is 255 g/mol. The van der Waals surface area contributed by atoms with Gasteiger partial charge in [-0.2, -0.15) is 0 Å². The van der Waals surface area contributed by atoms with Crippen LogP contribution in [0.4, 0.5) is 0 Å². The number of nitrogens with one attached hydrogen (secondary N) is 3. The summed E-state index contributed by atoms with van der Waals surface area (Å²) in [5.41, 5.74) is 5.25. The van der Waals surface area contributed by atoms with E-state index in [-0.39, 0.29) is 0 Å². The van der Waals surface area contributed by atoms with E-state index in [0.717, 1.165) is 46.2 Å². The van der Waals surface area contributed by atoms with Crippen molar-refractivity contribution >= 4 is 11.0 Å². The molecule has 2 aromatic heterocycles. The molecule has 0 unspecified atom stereocenters. The fourth-order valence-corrected chi connectivity index (χ4v) is 2.37. The van der Waals surface area contributed by atoms with Crippen molar-refractivity contribution in [1.82, 2.24) is 25.3 Å². The van der Waals surface area contributed by atoms with Crippen molar-refractivity contribution in [1.29, 1.82) is 0 Å². The number of nitrogens with zero attached hydrogens (tertiary/aromatic N) is 2. The van der Waals surface area contributed by atoms with Gasteiger partial charge in [-0.1, -0.05) is 6.07 Å². The number of H-pyrrole nitrogens is 2. The highest BCUT2D eigenvalue weighted by Crippen LogP contribution is 2.25. The van der Waals surface area contributed by atoms with Crippen molar-refractivity contribution in [2.45, 2.75) is 20.4 Å². The molecular formula is C14H17N5. The van der Waals surface area contributed by atoms with Crippen molar-refractivity contribution in [2.75, 3.05) is 7.05 Å². The third-order valence-corrected chi connectivity index (χ3v) is 3.12. The fourth-order valence-electron chi connectivity index (χ4n) is 2.37. The summed E-state index contributed by atoms with van der Waals surface area (Å²) < 4.78 is 0. The maximum atomic E-state index is 4.58. The van der Waals surface area contributed by atoms with Crippen LogP contribution >= 0.6 is 0 Å². The number of aryl methyl sites for hydroxylation is 2. The van der Waals surface area contributed by atoms with Gasteiger partial charge in [0.15, 0.2) is 0 Å². The number of hydrogen-bond donors (Lipinski definition) is 3. The fraction of sp³-hybridized carbons (Fsp3) is 0.286. The molecule has 1 aromatic carbocycles. The van der Waals surface area contributed by atoms with Gasteiger partial charge in [-0.15, -0.1) is 0 Å². The van der Waals surface area contributed by atoms with Gasteiger partial charge in [-0.25, -0.2) is 9.97 Å². The molecule has 0 spiro atoms. The predicted molar refractivity (Wildman–Crippen MR) is 75.9 cm³/mol. The quantitative estimate of drug-likeness (QED) is 0.672. The van der Waals surface area contributed by atoms with Crippen LogP contribution in [0.3, 0.4) is 0 Å². The second-order valence-electron chi connectivity index (χ2n) is 4.73. The molecule has 3 rings (SSSR count). The minimum absolute atomic E-state index is 0.774. The second-order valence-corrected chi connectivity index (χ2v) is 4.73. The van der Waals surface area contributed by atoms with Crippen LogP contribution in [0, 0.1) is 13.8 Å². The van der Waals surface area contributed by atoms with Gasteiger partial charge in [-0.05, 0) is 33.0 Å². The van der Waals surface area contributed by atoms with E-state index in [0.29, 0.717) is 0 Å². The first kappa shape index (κ1) is 11.9. The first-order valence-corrected chi connectivity index (χ1v) is 6.34. The number of aromatic amines is 2. The summed E-state index contributed by atoms with van der Waals surface area (Å²) in [5, 5.41) is 3.16. The molecule has 0 aliphatic rings. The van der Waals surface area contributed by atoms with Gasteiger partial charge in [0, 0.05) is 12.1 Å². The number of benzene rings is 1. The van der Waals surface area contributed by atoms with E-state index in [4.69, 9.17) is 0 Å². The highest BCUT2D eigenvalue weighted by molar-refractivity contribution is 5.81. The van der Waals surface area contributed by atoms with Crippen molar-refractivity contribution in [3.05, 3.63) is 35.5 Å². The molecule has 0 saturated carbocycles. The van der Waals surface area contributed by atoms with Crippen LogP contribution in [0.5, 0.6) is 0 Å². The minimum Gasteiger partial charge on any atom is -0.345 e. The van der Waals surface area contributed by atoms with E-state index in [1.807, 2.05) is 27.0 Å². The molecule has 0 saturated heterocycles. The summed E-state index contributed by atoms with van der Waals surface area (Å²) in [6.07, 6.45) is 0. The Morgan fingerprint density at radius 3 is 2.68 bits per heavy atom. The smallest absolute Gasteiger partial charge is 0.104 e. The molecule has 0 bridgehead atoms. The second kappa shape index (κ2) is 4.51. The molecule has 0 atom stereocenters. The Bertz CT molecular complexity index is 723. The average Bonchev–Trinajstić information content (AvgIpc) is 2.90. The number of rotatable bonds is 3. The summed E-state index contributed by atoms with van der Waals surface area (Å²) in [5.74, 6) is 1.86. The van der Waals surface area contributed by atoms with Gasteiger partial charge in [0.25, 0.3) is 0 Å². The van der Waals surface area contributed by atoms with Crippen molar-refractivity contribution in [2.24, 2.45) is 0 Å². The summed E-state index contributed by atoms with van der Waals surface area (Å²) in [4.78, 5) is 15.6. The Balaban J connectivity index is 2.12. The van der Waals surface area contributed by atoms with Gasteiger partial charge in [-0.3, -0.25) is 0 Å². The first-order chi connectivity index (χ1) is 9.17. The monoisotopic (exact) mass is 255 g/mol. The highest BCUT2D eigenvalue weighted by Gasteiger charge is 2.11. The van der Waals surface area contributed by atoms with Gasteiger partial charge in [0.2, 0.25) is 0 Å². The standard InChI is InChI=1S/C14H17N5/c1-8-16-11-5-4-10(6-12(11)17-8)14-13(7-15-3)18-9(2)19-14/h4-6,15H,7H2,1-3H3,(H,16,17)(H,18,19). The lowest BCUT2D eigenvalue weighted by molar-refractivity contribution is 0.796. The van der Waals surface area contributed by atoms with Crippen LogP contribution in [0.1, 0.15) is 17.3 Å². The minimum atomic E-state index is 0.774. The Labute approximate surface area is 111 Å². The topological polar surface area (TPSA) is 69.4 Å². The van der Waals surface area contributed by atoms with Crippen molar-refractivity contribution < 1.29 is 0 Å².